The predicted octanol–water partition coefficient (Wildman–Crippen LogP) is 3.99. The van der Waals surface area contributed by atoms with E-state index >= 15 is 0 Å². The van der Waals surface area contributed by atoms with Gasteiger partial charge >= 0.3 is 0 Å². The lowest BCUT2D eigenvalue weighted by atomic mass is 10.2. The quantitative estimate of drug-likeness (QED) is 0.806. The Kier molecular flexibility index (Phi) is 5.41. The van der Waals surface area contributed by atoms with Crippen LogP contribution in [0.1, 0.15) is 31.2 Å². The Hall–Kier alpha value is -1.34. The van der Waals surface area contributed by atoms with Crippen LogP contribution in [0.3, 0.4) is 0 Å². The fourth-order valence-electron chi connectivity index (χ4n) is 1.56. The number of aryl methyl sites for hydroxylation is 1. The fraction of sp³-hybridized carbons (Fsp3) is 0.357. The number of hydrogen-bond acceptors (Lipinski definition) is 5. The zero-order chi connectivity index (χ0) is 15.4. The molecule has 0 radical (unpaired) electrons. The Labute approximate surface area is 136 Å². The van der Waals surface area contributed by atoms with Gasteiger partial charge in [-0.3, -0.25) is 4.79 Å². The predicted molar refractivity (Wildman–Crippen MR) is 86.6 cm³/mol. The zero-order valence-electron chi connectivity index (χ0n) is 12.0. The molecule has 1 heterocycles. The van der Waals surface area contributed by atoms with Crippen molar-refractivity contribution >= 4 is 39.3 Å². The number of benzene rings is 1. The Morgan fingerprint density at radius 1 is 1.43 bits per heavy atom. The van der Waals surface area contributed by atoms with Crippen LogP contribution in [-0.2, 0) is 4.79 Å². The fourth-order valence-corrected chi connectivity index (χ4v) is 2.38. The summed E-state index contributed by atoms with van der Waals surface area (Å²) in [6.45, 7) is 5.93. The van der Waals surface area contributed by atoms with E-state index in [1.165, 1.54) is 11.8 Å². The Bertz CT molecular complexity index is 643. The molecule has 0 atom stereocenters. The molecule has 112 valence electrons. The number of rotatable bonds is 5. The molecule has 1 aromatic heterocycles. The molecule has 0 aliphatic rings. The molecule has 0 saturated heterocycles. The SMILES string of the molecule is Cc1cc(NC(=O)CSc2nnc(C(C)C)o2)ccc1Br. The van der Waals surface area contributed by atoms with Gasteiger partial charge < -0.3 is 9.73 Å². The molecule has 1 aromatic carbocycles. The van der Waals surface area contributed by atoms with Crippen LogP contribution in [0.4, 0.5) is 5.69 Å². The van der Waals surface area contributed by atoms with Gasteiger partial charge in [-0.1, -0.05) is 41.5 Å². The molecule has 5 nitrogen and oxygen atoms in total. The minimum absolute atomic E-state index is 0.106. The molecule has 2 aromatic rings. The second kappa shape index (κ2) is 7.09. The van der Waals surface area contributed by atoms with Crippen LogP contribution >= 0.6 is 27.7 Å². The molecular weight excluding hydrogens is 354 g/mol. The van der Waals surface area contributed by atoms with Crippen LogP contribution < -0.4 is 5.32 Å². The number of nitrogens with zero attached hydrogens (tertiary/aromatic N) is 2. The first kappa shape index (κ1) is 16.0. The largest absolute Gasteiger partial charge is 0.416 e. The smallest absolute Gasteiger partial charge is 0.277 e. The number of halogens is 1. The summed E-state index contributed by atoms with van der Waals surface area (Å²) in [5.74, 6) is 0.897. The maximum Gasteiger partial charge on any atom is 0.277 e. The van der Waals surface area contributed by atoms with Crippen molar-refractivity contribution in [3.63, 3.8) is 0 Å². The number of carbonyl (C=O) groups is 1. The van der Waals surface area contributed by atoms with E-state index in [1.807, 2.05) is 39.0 Å². The van der Waals surface area contributed by atoms with Crippen molar-refractivity contribution in [2.75, 3.05) is 11.1 Å². The highest BCUT2D eigenvalue weighted by Gasteiger charge is 2.12. The number of carbonyl (C=O) groups excluding carboxylic acids is 1. The van der Waals surface area contributed by atoms with Crippen molar-refractivity contribution in [1.29, 1.82) is 0 Å². The minimum atomic E-state index is -0.106. The van der Waals surface area contributed by atoms with Crippen LogP contribution in [0.25, 0.3) is 0 Å². The number of amides is 1. The molecule has 0 spiro atoms. The van der Waals surface area contributed by atoms with E-state index in [2.05, 4.69) is 31.4 Å². The molecule has 1 N–H and O–H groups in total. The first-order valence-electron chi connectivity index (χ1n) is 6.48. The van der Waals surface area contributed by atoms with E-state index in [1.54, 1.807) is 0 Å². The average Bonchev–Trinajstić information content (AvgIpc) is 2.90. The summed E-state index contributed by atoms with van der Waals surface area (Å²) in [4.78, 5) is 11.9. The van der Waals surface area contributed by atoms with Crippen LogP contribution in [0.5, 0.6) is 0 Å². The molecular formula is C14H16BrN3O2S. The number of nitrogens with one attached hydrogen (secondary N) is 1. The summed E-state index contributed by atoms with van der Waals surface area (Å²) in [6.07, 6.45) is 0. The standard InChI is InChI=1S/C14H16BrN3O2S/c1-8(2)13-17-18-14(20-13)21-7-12(19)16-10-4-5-11(15)9(3)6-10/h4-6,8H,7H2,1-3H3,(H,16,19). The maximum absolute atomic E-state index is 11.9. The van der Waals surface area contributed by atoms with Crippen LogP contribution in [0.15, 0.2) is 32.3 Å². The molecule has 21 heavy (non-hydrogen) atoms. The molecule has 0 aliphatic heterocycles. The van der Waals surface area contributed by atoms with E-state index in [4.69, 9.17) is 4.42 Å². The number of hydrogen-bond donors (Lipinski definition) is 1. The molecule has 0 unspecified atom stereocenters. The van der Waals surface area contributed by atoms with Crippen molar-refractivity contribution in [3.05, 3.63) is 34.1 Å². The molecule has 0 saturated carbocycles. The van der Waals surface area contributed by atoms with Gasteiger partial charge in [0.1, 0.15) is 0 Å². The summed E-state index contributed by atoms with van der Waals surface area (Å²) in [5, 5.41) is 11.1. The van der Waals surface area contributed by atoms with Gasteiger partial charge in [-0.25, -0.2) is 0 Å². The third-order valence-corrected chi connectivity index (χ3v) is 4.39. The van der Waals surface area contributed by atoms with Crippen LogP contribution in [0, 0.1) is 6.92 Å². The summed E-state index contributed by atoms with van der Waals surface area (Å²) >= 11 is 4.66. The second-order valence-corrected chi connectivity index (χ2v) is 6.64. The van der Waals surface area contributed by atoms with E-state index in [0.717, 1.165) is 15.7 Å². The van der Waals surface area contributed by atoms with E-state index in [-0.39, 0.29) is 17.6 Å². The van der Waals surface area contributed by atoms with Crippen molar-refractivity contribution in [2.24, 2.45) is 0 Å². The zero-order valence-corrected chi connectivity index (χ0v) is 14.4. The summed E-state index contributed by atoms with van der Waals surface area (Å²) < 4.78 is 6.45. The van der Waals surface area contributed by atoms with E-state index < -0.39 is 0 Å². The van der Waals surface area contributed by atoms with E-state index in [0.29, 0.717) is 11.1 Å². The van der Waals surface area contributed by atoms with Crippen molar-refractivity contribution in [1.82, 2.24) is 10.2 Å². The molecule has 2 rings (SSSR count). The summed E-state index contributed by atoms with van der Waals surface area (Å²) in [6, 6.07) is 5.67. The monoisotopic (exact) mass is 369 g/mol. The van der Waals surface area contributed by atoms with E-state index in [9.17, 15) is 4.79 Å². The molecule has 1 amide bonds. The third kappa shape index (κ3) is 4.57. The molecule has 7 heteroatoms. The Morgan fingerprint density at radius 2 is 2.19 bits per heavy atom. The van der Waals surface area contributed by atoms with Gasteiger partial charge in [-0.15, -0.1) is 10.2 Å². The lowest BCUT2D eigenvalue weighted by Gasteiger charge is -2.06. The lowest BCUT2D eigenvalue weighted by molar-refractivity contribution is -0.113. The summed E-state index contributed by atoms with van der Waals surface area (Å²) in [5.41, 5.74) is 1.84. The van der Waals surface area contributed by atoms with Gasteiger partial charge in [0.05, 0.1) is 5.75 Å². The average molecular weight is 370 g/mol. The van der Waals surface area contributed by atoms with Crippen molar-refractivity contribution in [3.8, 4) is 0 Å². The van der Waals surface area contributed by atoms with Gasteiger partial charge in [0.2, 0.25) is 11.8 Å². The first-order chi connectivity index (χ1) is 9.95. The van der Waals surface area contributed by atoms with Crippen molar-refractivity contribution in [2.45, 2.75) is 31.9 Å². The Morgan fingerprint density at radius 3 is 2.81 bits per heavy atom. The highest BCUT2D eigenvalue weighted by Crippen LogP contribution is 2.22. The van der Waals surface area contributed by atoms with Gasteiger partial charge in [0.15, 0.2) is 0 Å². The number of anilines is 1. The van der Waals surface area contributed by atoms with Gasteiger partial charge in [-0.2, -0.15) is 0 Å². The van der Waals surface area contributed by atoms with Gasteiger partial charge in [-0.05, 0) is 30.7 Å². The molecule has 0 aliphatic carbocycles. The lowest BCUT2D eigenvalue weighted by Crippen LogP contribution is -2.14. The topological polar surface area (TPSA) is 68.0 Å². The first-order valence-corrected chi connectivity index (χ1v) is 8.25. The molecule has 0 bridgehead atoms. The third-order valence-electron chi connectivity index (χ3n) is 2.68. The second-order valence-electron chi connectivity index (χ2n) is 4.86. The molecule has 0 fully saturated rings. The minimum Gasteiger partial charge on any atom is -0.416 e. The van der Waals surface area contributed by atoms with Crippen molar-refractivity contribution < 1.29 is 9.21 Å². The van der Waals surface area contributed by atoms with Crippen LogP contribution in [-0.4, -0.2) is 21.9 Å². The highest BCUT2D eigenvalue weighted by atomic mass is 79.9. The number of thioether (sulfide) groups is 1. The van der Waals surface area contributed by atoms with Gasteiger partial charge in [0.25, 0.3) is 5.22 Å². The normalized spacial score (nSPS) is 10.9. The summed E-state index contributed by atoms with van der Waals surface area (Å²) in [7, 11) is 0. The number of aromatic nitrogens is 2. The maximum atomic E-state index is 11.9. The highest BCUT2D eigenvalue weighted by molar-refractivity contribution is 9.10. The van der Waals surface area contributed by atoms with Crippen LogP contribution in [0.2, 0.25) is 0 Å². The van der Waals surface area contributed by atoms with Gasteiger partial charge in [0, 0.05) is 16.1 Å². The Balaban J connectivity index is 1.88.